The van der Waals surface area contributed by atoms with Crippen LogP contribution in [0.5, 0.6) is 0 Å². The molecule has 6 heteroatoms. The number of primary amides is 1. The number of carbonyl (C=O) groups is 3. The van der Waals surface area contributed by atoms with E-state index in [1.165, 1.54) is 0 Å². The summed E-state index contributed by atoms with van der Waals surface area (Å²) in [5, 5.41) is 11.6. The van der Waals surface area contributed by atoms with Crippen LogP contribution >= 0.6 is 0 Å². The molecule has 0 radical (unpaired) electrons. The number of hydrogen-bond acceptors (Lipinski definition) is 3. The van der Waals surface area contributed by atoms with Crippen LogP contribution in [0.15, 0.2) is 0 Å². The first-order valence-corrected chi connectivity index (χ1v) is 5.73. The number of carbonyl (C=O) groups excluding carboxylic acids is 2. The molecule has 0 aliphatic heterocycles. The van der Waals surface area contributed by atoms with E-state index < -0.39 is 23.7 Å². The molecule has 2 amide bonds. The first kappa shape index (κ1) is 13.5. The van der Waals surface area contributed by atoms with Gasteiger partial charge in [0, 0.05) is 12.5 Å². The molecular formula is C11H18N2O4. The zero-order valence-corrected chi connectivity index (χ0v) is 9.81. The van der Waals surface area contributed by atoms with Crippen LogP contribution in [0.4, 0.5) is 0 Å². The summed E-state index contributed by atoms with van der Waals surface area (Å²) in [6.45, 7) is 1.67. The van der Waals surface area contributed by atoms with Gasteiger partial charge in [-0.3, -0.25) is 14.4 Å². The van der Waals surface area contributed by atoms with E-state index in [2.05, 4.69) is 5.32 Å². The summed E-state index contributed by atoms with van der Waals surface area (Å²) in [5.74, 6) is -2.79. The van der Waals surface area contributed by atoms with E-state index in [9.17, 15) is 14.4 Å². The van der Waals surface area contributed by atoms with Crippen LogP contribution in [0.1, 0.15) is 32.6 Å². The van der Waals surface area contributed by atoms with Crippen molar-refractivity contribution in [2.24, 2.45) is 17.6 Å². The van der Waals surface area contributed by atoms with Gasteiger partial charge >= 0.3 is 5.97 Å². The van der Waals surface area contributed by atoms with Crippen molar-refractivity contribution in [2.45, 2.75) is 38.6 Å². The quantitative estimate of drug-likeness (QED) is 0.623. The molecule has 3 unspecified atom stereocenters. The van der Waals surface area contributed by atoms with Crippen LogP contribution in [0.3, 0.4) is 0 Å². The number of carboxylic acids is 1. The minimum Gasteiger partial charge on any atom is -0.481 e. The molecule has 4 N–H and O–H groups in total. The van der Waals surface area contributed by atoms with Gasteiger partial charge in [0.05, 0.1) is 11.8 Å². The number of aliphatic carboxylic acids is 1. The molecule has 1 aliphatic carbocycles. The maximum atomic E-state index is 11.8. The first-order chi connectivity index (χ1) is 7.91. The predicted molar refractivity (Wildman–Crippen MR) is 59.9 cm³/mol. The lowest BCUT2D eigenvalue weighted by molar-refractivity contribution is -0.146. The molecule has 0 aromatic rings. The third-order valence-corrected chi connectivity index (χ3v) is 3.07. The Hall–Kier alpha value is -1.59. The lowest BCUT2D eigenvalue weighted by Gasteiger charge is -2.18. The number of rotatable bonds is 5. The number of hydrogen-bond donors (Lipinski definition) is 3. The molecule has 0 spiro atoms. The monoisotopic (exact) mass is 242 g/mol. The Morgan fingerprint density at radius 2 is 1.94 bits per heavy atom. The second-order valence-electron chi connectivity index (χ2n) is 4.56. The van der Waals surface area contributed by atoms with Crippen LogP contribution < -0.4 is 11.1 Å². The van der Waals surface area contributed by atoms with Gasteiger partial charge < -0.3 is 16.2 Å². The van der Waals surface area contributed by atoms with Crippen molar-refractivity contribution in [3.05, 3.63) is 0 Å². The molecule has 0 aromatic carbocycles. The Morgan fingerprint density at radius 3 is 2.47 bits per heavy atom. The number of nitrogens with two attached hydrogens (primary N) is 1. The third-order valence-electron chi connectivity index (χ3n) is 3.07. The Kier molecular flexibility index (Phi) is 4.48. The standard InChI is InChI=1S/C11H18N2O4/c1-6(5-9(12)14)13-10(15)7-3-2-4-8(7)11(16)17/h6-8H,2-5H2,1H3,(H2,12,14)(H,13,15)(H,16,17). The summed E-state index contributed by atoms with van der Waals surface area (Å²) < 4.78 is 0. The molecule has 1 saturated carbocycles. The molecule has 0 heterocycles. The fourth-order valence-electron chi connectivity index (χ4n) is 2.27. The topological polar surface area (TPSA) is 109 Å². The largest absolute Gasteiger partial charge is 0.481 e. The minimum atomic E-state index is -0.926. The SMILES string of the molecule is CC(CC(N)=O)NC(=O)C1CCCC1C(=O)O. The Labute approximate surface area is 99.6 Å². The molecule has 0 saturated heterocycles. The van der Waals surface area contributed by atoms with Gasteiger partial charge in [0.1, 0.15) is 0 Å². The van der Waals surface area contributed by atoms with Gasteiger partial charge in [0.25, 0.3) is 0 Å². The molecule has 0 bridgehead atoms. The second-order valence-corrected chi connectivity index (χ2v) is 4.56. The van der Waals surface area contributed by atoms with Crippen molar-refractivity contribution >= 4 is 17.8 Å². The average Bonchev–Trinajstić information content (AvgIpc) is 2.63. The van der Waals surface area contributed by atoms with E-state index >= 15 is 0 Å². The zero-order chi connectivity index (χ0) is 13.0. The maximum Gasteiger partial charge on any atom is 0.307 e. The molecule has 1 fully saturated rings. The third kappa shape index (κ3) is 3.72. The smallest absolute Gasteiger partial charge is 0.307 e. The molecule has 1 rings (SSSR count). The molecule has 17 heavy (non-hydrogen) atoms. The molecule has 0 aromatic heterocycles. The average molecular weight is 242 g/mol. The molecule has 96 valence electrons. The molecular weight excluding hydrogens is 224 g/mol. The van der Waals surface area contributed by atoms with Crippen molar-refractivity contribution < 1.29 is 19.5 Å². The minimum absolute atomic E-state index is 0.0657. The lowest BCUT2D eigenvalue weighted by atomic mass is 9.95. The van der Waals surface area contributed by atoms with Gasteiger partial charge in [-0.05, 0) is 19.8 Å². The highest BCUT2D eigenvalue weighted by Crippen LogP contribution is 2.32. The van der Waals surface area contributed by atoms with Crippen molar-refractivity contribution in [3.8, 4) is 0 Å². The van der Waals surface area contributed by atoms with Crippen LogP contribution in [0, 0.1) is 11.8 Å². The molecule has 3 atom stereocenters. The molecule has 6 nitrogen and oxygen atoms in total. The van der Waals surface area contributed by atoms with Crippen LogP contribution in [-0.2, 0) is 14.4 Å². The number of nitrogens with one attached hydrogen (secondary N) is 1. The van der Waals surface area contributed by atoms with E-state index in [1.54, 1.807) is 6.92 Å². The van der Waals surface area contributed by atoms with E-state index in [1.807, 2.05) is 0 Å². The normalized spacial score (nSPS) is 25.2. The number of amides is 2. The highest BCUT2D eigenvalue weighted by molar-refractivity contribution is 5.86. The Balaban J connectivity index is 2.52. The maximum absolute atomic E-state index is 11.8. The predicted octanol–water partition coefficient (Wildman–Crippen LogP) is -0.133. The highest BCUT2D eigenvalue weighted by Gasteiger charge is 2.37. The zero-order valence-electron chi connectivity index (χ0n) is 9.81. The van der Waals surface area contributed by atoms with E-state index in [4.69, 9.17) is 10.8 Å². The lowest BCUT2D eigenvalue weighted by Crippen LogP contribution is -2.41. The van der Waals surface area contributed by atoms with Crippen LogP contribution in [-0.4, -0.2) is 28.9 Å². The second kappa shape index (κ2) is 5.65. The van der Waals surface area contributed by atoms with Crippen molar-refractivity contribution in [1.82, 2.24) is 5.32 Å². The van der Waals surface area contributed by atoms with E-state index in [0.717, 1.165) is 6.42 Å². The van der Waals surface area contributed by atoms with Gasteiger partial charge in [-0.15, -0.1) is 0 Å². The Bertz CT molecular complexity index is 329. The van der Waals surface area contributed by atoms with Gasteiger partial charge in [-0.25, -0.2) is 0 Å². The first-order valence-electron chi connectivity index (χ1n) is 5.73. The van der Waals surface area contributed by atoms with Crippen molar-refractivity contribution in [3.63, 3.8) is 0 Å². The summed E-state index contributed by atoms with van der Waals surface area (Å²) in [6.07, 6.45) is 1.94. The molecule has 1 aliphatic rings. The highest BCUT2D eigenvalue weighted by atomic mass is 16.4. The van der Waals surface area contributed by atoms with Gasteiger partial charge in [-0.1, -0.05) is 6.42 Å². The van der Waals surface area contributed by atoms with E-state index in [0.29, 0.717) is 12.8 Å². The summed E-state index contributed by atoms with van der Waals surface area (Å²) in [4.78, 5) is 33.4. The summed E-state index contributed by atoms with van der Waals surface area (Å²) in [7, 11) is 0. The fraction of sp³-hybridized carbons (Fsp3) is 0.727. The van der Waals surface area contributed by atoms with Crippen molar-refractivity contribution in [1.29, 1.82) is 0 Å². The summed E-state index contributed by atoms with van der Waals surface area (Å²) >= 11 is 0. The van der Waals surface area contributed by atoms with Gasteiger partial charge in [0.15, 0.2) is 0 Å². The van der Waals surface area contributed by atoms with Gasteiger partial charge in [-0.2, -0.15) is 0 Å². The number of carboxylic acid groups (broad SMARTS) is 1. The van der Waals surface area contributed by atoms with Crippen LogP contribution in [0.2, 0.25) is 0 Å². The summed E-state index contributed by atoms with van der Waals surface area (Å²) in [6, 6.07) is -0.352. The van der Waals surface area contributed by atoms with Crippen molar-refractivity contribution in [2.75, 3.05) is 0 Å². The fourth-order valence-corrected chi connectivity index (χ4v) is 2.27. The summed E-state index contributed by atoms with van der Waals surface area (Å²) in [5.41, 5.74) is 5.01. The van der Waals surface area contributed by atoms with Crippen LogP contribution in [0.25, 0.3) is 0 Å². The van der Waals surface area contributed by atoms with E-state index in [-0.39, 0.29) is 18.4 Å². The van der Waals surface area contributed by atoms with Gasteiger partial charge in [0.2, 0.25) is 11.8 Å². The Morgan fingerprint density at radius 1 is 1.35 bits per heavy atom.